The molecule has 0 N–H and O–H groups in total. The number of rotatable bonds is 6. The highest BCUT2D eigenvalue weighted by atomic mass is 32.2. The zero-order chi connectivity index (χ0) is 11.8. The normalized spacial score (nSPS) is 12.3. The molecule has 0 heterocycles. The molecule has 0 bridgehead atoms. The summed E-state index contributed by atoms with van der Waals surface area (Å²) in [4.78, 5) is 22.0. The van der Waals surface area contributed by atoms with E-state index in [-0.39, 0.29) is 29.0 Å². The van der Waals surface area contributed by atoms with Gasteiger partial charge in [0.15, 0.2) is 0 Å². The first-order valence-electron chi connectivity index (χ1n) is 4.83. The summed E-state index contributed by atoms with van der Waals surface area (Å²) in [6.07, 6.45) is 0.227. The highest BCUT2D eigenvalue weighted by Crippen LogP contribution is 2.14. The fourth-order valence-corrected chi connectivity index (χ4v) is 1.63. The van der Waals surface area contributed by atoms with Crippen LogP contribution < -0.4 is 0 Å². The molecule has 0 aromatic heterocycles. The van der Waals surface area contributed by atoms with Crippen LogP contribution in [0, 0.1) is 0 Å². The van der Waals surface area contributed by atoms with Crippen molar-refractivity contribution in [1.29, 1.82) is 0 Å². The van der Waals surface area contributed by atoms with Gasteiger partial charge in [0.1, 0.15) is 0 Å². The Labute approximate surface area is 94.7 Å². The summed E-state index contributed by atoms with van der Waals surface area (Å²) in [6.45, 7) is 5.49. The molecule has 0 radical (unpaired) electrons. The molecule has 5 heteroatoms. The average molecular weight is 234 g/mol. The van der Waals surface area contributed by atoms with Crippen molar-refractivity contribution in [3.8, 4) is 0 Å². The summed E-state index contributed by atoms with van der Waals surface area (Å²) in [5, 5.41) is 0.0668. The predicted molar refractivity (Wildman–Crippen MR) is 59.8 cm³/mol. The Kier molecular flexibility index (Phi) is 7.21. The lowest BCUT2D eigenvalue weighted by atomic mass is 10.3. The maximum atomic E-state index is 11.2. The molecule has 0 fully saturated rings. The number of methoxy groups -OCH3 is 1. The quantitative estimate of drug-likeness (QED) is 0.654. The van der Waals surface area contributed by atoms with E-state index in [9.17, 15) is 9.59 Å². The van der Waals surface area contributed by atoms with Crippen molar-refractivity contribution in [3.63, 3.8) is 0 Å². The summed E-state index contributed by atoms with van der Waals surface area (Å²) in [6, 6.07) is 0. The Morgan fingerprint density at radius 3 is 2.27 bits per heavy atom. The van der Waals surface area contributed by atoms with E-state index in [0.29, 0.717) is 6.42 Å². The average Bonchev–Trinajstić information content (AvgIpc) is 2.13. The van der Waals surface area contributed by atoms with Crippen molar-refractivity contribution in [2.45, 2.75) is 38.5 Å². The third kappa shape index (κ3) is 8.30. The van der Waals surface area contributed by atoms with Gasteiger partial charge in [0, 0.05) is 5.25 Å². The van der Waals surface area contributed by atoms with Crippen molar-refractivity contribution < 1.29 is 19.1 Å². The van der Waals surface area contributed by atoms with Crippen molar-refractivity contribution in [2.24, 2.45) is 0 Å². The zero-order valence-electron chi connectivity index (χ0n) is 9.61. The maximum absolute atomic E-state index is 11.2. The minimum atomic E-state index is -0.257. The standard InChI is InChI=1S/C10H18O4S/c1-7(2)14-10(12)6-15-8(3)5-9(11)13-4/h7-8H,5-6H2,1-4H3. The fraction of sp³-hybridized carbons (Fsp3) is 0.800. The molecule has 0 aromatic rings. The molecule has 0 aliphatic rings. The van der Waals surface area contributed by atoms with E-state index in [1.165, 1.54) is 18.9 Å². The maximum Gasteiger partial charge on any atom is 0.316 e. The van der Waals surface area contributed by atoms with Crippen LogP contribution in [0.4, 0.5) is 0 Å². The second kappa shape index (κ2) is 7.56. The molecular formula is C10H18O4S. The van der Waals surface area contributed by atoms with Gasteiger partial charge < -0.3 is 9.47 Å². The van der Waals surface area contributed by atoms with Gasteiger partial charge in [0.25, 0.3) is 0 Å². The lowest BCUT2D eigenvalue weighted by Crippen LogP contribution is -2.16. The minimum absolute atomic E-state index is 0.0668. The van der Waals surface area contributed by atoms with E-state index >= 15 is 0 Å². The highest BCUT2D eigenvalue weighted by molar-refractivity contribution is 8.00. The molecular weight excluding hydrogens is 216 g/mol. The van der Waals surface area contributed by atoms with Crippen LogP contribution in [0.1, 0.15) is 27.2 Å². The molecule has 15 heavy (non-hydrogen) atoms. The Morgan fingerprint density at radius 1 is 1.20 bits per heavy atom. The van der Waals surface area contributed by atoms with Crippen LogP contribution in [-0.2, 0) is 19.1 Å². The second-order valence-electron chi connectivity index (χ2n) is 3.44. The van der Waals surface area contributed by atoms with E-state index in [1.807, 2.05) is 6.92 Å². The molecule has 0 amide bonds. The number of esters is 2. The van der Waals surface area contributed by atoms with Gasteiger partial charge in [-0.3, -0.25) is 9.59 Å². The third-order valence-electron chi connectivity index (χ3n) is 1.53. The van der Waals surface area contributed by atoms with Crippen LogP contribution in [-0.4, -0.2) is 36.2 Å². The Morgan fingerprint density at radius 2 is 1.80 bits per heavy atom. The Hall–Kier alpha value is -0.710. The van der Waals surface area contributed by atoms with E-state index < -0.39 is 0 Å². The first-order valence-corrected chi connectivity index (χ1v) is 5.88. The molecule has 0 aromatic carbocycles. The van der Waals surface area contributed by atoms with Crippen molar-refractivity contribution in [2.75, 3.05) is 12.9 Å². The summed E-state index contributed by atoms with van der Waals surface area (Å²) in [5.41, 5.74) is 0. The first-order chi connectivity index (χ1) is 6.95. The van der Waals surface area contributed by atoms with Crippen molar-refractivity contribution >= 4 is 23.7 Å². The van der Waals surface area contributed by atoms with E-state index in [2.05, 4.69) is 4.74 Å². The summed E-state index contributed by atoms with van der Waals surface area (Å²) in [7, 11) is 1.35. The van der Waals surface area contributed by atoms with Gasteiger partial charge >= 0.3 is 11.9 Å². The lowest BCUT2D eigenvalue weighted by molar-refractivity contribution is -0.144. The molecule has 0 aliphatic carbocycles. The highest BCUT2D eigenvalue weighted by Gasteiger charge is 2.12. The van der Waals surface area contributed by atoms with Gasteiger partial charge in [0.2, 0.25) is 0 Å². The van der Waals surface area contributed by atoms with Gasteiger partial charge in [-0.1, -0.05) is 6.92 Å². The second-order valence-corrected chi connectivity index (χ2v) is 4.87. The van der Waals surface area contributed by atoms with Crippen LogP contribution in [0.25, 0.3) is 0 Å². The van der Waals surface area contributed by atoms with Gasteiger partial charge in [-0.25, -0.2) is 0 Å². The monoisotopic (exact) mass is 234 g/mol. The summed E-state index contributed by atoms with van der Waals surface area (Å²) >= 11 is 1.39. The van der Waals surface area contributed by atoms with Gasteiger partial charge in [0.05, 0.1) is 25.4 Å². The number of hydrogen-bond donors (Lipinski definition) is 0. The third-order valence-corrected chi connectivity index (χ3v) is 2.67. The fourth-order valence-electron chi connectivity index (χ4n) is 0.884. The van der Waals surface area contributed by atoms with E-state index in [4.69, 9.17) is 4.74 Å². The summed E-state index contributed by atoms with van der Waals surface area (Å²) < 4.78 is 9.48. The predicted octanol–water partition coefficient (Wildman–Crippen LogP) is 1.62. The minimum Gasteiger partial charge on any atom is -0.469 e. The van der Waals surface area contributed by atoms with Gasteiger partial charge in [-0.2, -0.15) is 0 Å². The van der Waals surface area contributed by atoms with Crippen LogP contribution in [0.2, 0.25) is 0 Å². The first kappa shape index (κ1) is 14.3. The topological polar surface area (TPSA) is 52.6 Å². The molecule has 0 spiro atoms. The van der Waals surface area contributed by atoms with Crippen LogP contribution >= 0.6 is 11.8 Å². The van der Waals surface area contributed by atoms with E-state index in [0.717, 1.165) is 0 Å². The van der Waals surface area contributed by atoms with Gasteiger partial charge in [-0.05, 0) is 13.8 Å². The molecule has 0 aliphatic heterocycles. The summed E-state index contributed by atoms with van der Waals surface area (Å²) in [5.74, 6) is -0.227. The molecule has 1 unspecified atom stereocenters. The SMILES string of the molecule is COC(=O)CC(C)SCC(=O)OC(C)C. The Bertz CT molecular complexity index is 215. The smallest absolute Gasteiger partial charge is 0.316 e. The molecule has 88 valence electrons. The number of hydrogen-bond acceptors (Lipinski definition) is 5. The Balaban J connectivity index is 3.66. The number of carbonyl (C=O) groups excluding carboxylic acids is 2. The van der Waals surface area contributed by atoms with E-state index in [1.54, 1.807) is 13.8 Å². The molecule has 0 saturated heterocycles. The van der Waals surface area contributed by atoms with Gasteiger partial charge in [-0.15, -0.1) is 11.8 Å². The van der Waals surface area contributed by atoms with Crippen LogP contribution in [0.5, 0.6) is 0 Å². The van der Waals surface area contributed by atoms with Crippen LogP contribution in [0.15, 0.2) is 0 Å². The molecule has 1 atom stereocenters. The number of ether oxygens (including phenoxy) is 2. The zero-order valence-corrected chi connectivity index (χ0v) is 10.4. The van der Waals surface area contributed by atoms with Crippen molar-refractivity contribution in [3.05, 3.63) is 0 Å². The molecule has 0 saturated carbocycles. The largest absolute Gasteiger partial charge is 0.469 e. The number of carbonyl (C=O) groups is 2. The lowest BCUT2D eigenvalue weighted by Gasteiger charge is -2.11. The number of thioether (sulfide) groups is 1. The molecule has 4 nitrogen and oxygen atoms in total. The van der Waals surface area contributed by atoms with Crippen molar-refractivity contribution in [1.82, 2.24) is 0 Å². The molecule has 0 rings (SSSR count). The van der Waals surface area contributed by atoms with Crippen LogP contribution in [0.3, 0.4) is 0 Å².